The third-order valence-electron chi connectivity index (χ3n) is 3.94. The maximum absolute atomic E-state index is 13.9. The topological polar surface area (TPSA) is 21.3 Å². The lowest BCUT2D eigenvalue weighted by molar-refractivity contribution is 0.313. The van der Waals surface area contributed by atoms with E-state index in [1.807, 2.05) is 12.1 Å². The van der Waals surface area contributed by atoms with E-state index in [1.165, 1.54) is 32.8 Å². The van der Waals surface area contributed by atoms with Crippen LogP contribution in [0.3, 0.4) is 0 Å². The van der Waals surface area contributed by atoms with E-state index < -0.39 is 0 Å². The number of rotatable bonds is 5. The number of ether oxygens (including phenoxy) is 1. The third kappa shape index (κ3) is 3.02. The van der Waals surface area contributed by atoms with Crippen molar-refractivity contribution in [2.75, 3.05) is 13.7 Å². The van der Waals surface area contributed by atoms with Crippen molar-refractivity contribution in [2.45, 2.75) is 39.2 Å². The number of hydrogen-bond acceptors (Lipinski definition) is 2. The quantitative estimate of drug-likeness (QED) is 0.864. The van der Waals surface area contributed by atoms with Crippen molar-refractivity contribution in [3.05, 3.63) is 29.6 Å². The number of nitrogens with one attached hydrogen (secondary N) is 1. The zero-order valence-electron chi connectivity index (χ0n) is 11.3. The predicted molar refractivity (Wildman–Crippen MR) is 71.2 cm³/mol. The van der Waals surface area contributed by atoms with E-state index in [2.05, 4.69) is 12.2 Å². The lowest BCUT2D eigenvalue weighted by Gasteiger charge is -2.24. The van der Waals surface area contributed by atoms with Gasteiger partial charge < -0.3 is 10.1 Å². The summed E-state index contributed by atoms with van der Waals surface area (Å²) >= 11 is 0. The van der Waals surface area contributed by atoms with Gasteiger partial charge in [0.1, 0.15) is 0 Å². The molecule has 0 heterocycles. The zero-order chi connectivity index (χ0) is 13.0. The van der Waals surface area contributed by atoms with E-state index in [4.69, 9.17) is 4.74 Å². The highest BCUT2D eigenvalue weighted by Crippen LogP contribution is 2.36. The van der Waals surface area contributed by atoms with Gasteiger partial charge in [-0.3, -0.25) is 0 Å². The Labute approximate surface area is 109 Å². The van der Waals surface area contributed by atoms with Gasteiger partial charge in [-0.2, -0.15) is 0 Å². The van der Waals surface area contributed by atoms with Crippen molar-refractivity contribution in [1.82, 2.24) is 5.32 Å². The van der Waals surface area contributed by atoms with Crippen LogP contribution in [0.4, 0.5) is 4.39 Å². The molecule has 1 aromatic carbocycles. The second-order valence-corrected chi connectivity index (χ2v) is 5.55. The van der Waals surface area contributed by atoms with Crippen molar-refractivity contribution in [3.8, 4) is 5.75 Å². The van der Waals surface area contributed by atoms with Crippen molar-refractivity contribution in [2.24, 2.45) is 5.41 Å². The van der Waals surface area contributed by atoms with Crippen molar-refractivity contribution in [1.29, 1.82) is 0 Å². The maximum Gasteiger partial charge on any atom is 0.169 e. The molecule has 3 heteroatoms. The van der Waals surface area contributed by atoms with Crippen molar-refractivity contribution < 1.29 is 9.13 Å². The molecule has 1 aliphatic carbocycles. The first-order chi connectivity index (χ1) is 8.64. The molecule has 0 saturated heterocycles. The smallest absolute Gasteiger partial charge is 0.169 e. The molecule has 2 rings (SSSR count). The highest BCUT2D eigenvalue weighted by molar-refractivity contribution is 5.30. The Morgan fingerprint density at radius 3 is 2.72 bits per heavy atom. The molecule has 0 amide bonds. The summed E-state index contributed by atoms with van der Waals surface area (Å²) in [5.41, 5.74) is 1.07. The second kappa shape index (κ2) is 5.70. The molecule has 0 aliphatic heterocycles. The molecule has 0 aromatic heterocycles. The Kier molecular flexibility index (Phi) is 4.23. The molecule has 1 fully saturated rings. The Morgan fingerprint density at radius 2 is 2.06 bits per heavy atom. The molecule has 1 aliphatic rings. The van der Waals surface area contributed by atoms with Gasteiger partial charge in [0.15, 0.2) is 11.6 Å². The monoisotopic (exact) mass is 251 g/mol. The SMILES string of the molecule is COc1cccc(CNCC2(C)CCCC2)c1F. The predicted octanol–water partition coefficient (Wildman–Crippen LogP) is 3.50. The van der Waals surface area contributed by atoms with Gasteiger partial charge in [-0.15, -0.1) is 0 Å². The van der Waals surface area contributed by atoms with Gasteiger partial charge in [0.25, 0.3) is 0 Å². The standard InChI is InChI=1S/C15H22FNO/c1-15(8-3-4-9-15)11-17-10-12-6-5-7-13(18-2)14(12)16/h5-7,17H,3-4,8-11H2,1-2H3. The van der Waals surface area contributed by atoms with Crippen LogP contribution >= 0.6 is 0 Å². The average molecular weight is 251 g/mol. The molecule has 0 atom stereocenters. The van der Waals surface area contributed by atoms with Crippen LogP contribution in [-0.4, -0.2) is 13.7 Å². The largest absolute Gasteiger partial charge is 0.494 e. The van der Waals surface area contributed by atoms with Gasteiger partial charge in [-0.25, -0.2) is 4.39 Å². The van der Waals surface area contributed by atoms with Crippen LogP contribution in [0.15, 0.2) is 18.2 Å². The molecule has 1 saturated carbocycles. The van der Waals surface area contributed by atoms with Gasteiger partial charge in [-0.1, -0.05) is 31.9 Å². The van der Waals surface area contributed by atoms with E-state index in [0.717, 1.165) is 6.54 Å². The lowest BCUT2D eigenvalue weighted by Crippen LogP contribution is -2.29. The summed E-state index contributed by atoms with van der Waals surface area (Å²) < 4.78 is 18.9. The fraction of sp³-hybridized carbons (Fsp3) is 0.600. The molecular formula is C15H22FNO. The van der Waals surface area contributed by atoms with Crippen molar-refractivity contribution >= 4 is 0 Å². The molecule has 0 unspecified atom stereocenters. The first-order valence-electron chi connectivity index (χ1n) is 6.67. The van der Waals surface area contributed by atoms with Crippen LogP contribution in [0.25, 0.3) is 0 Å². The second-order valence-electron chi connectivity index (χ2n) is 5.55. The van der Waals surface area contributed by atoms with Gasteiger partial charge in [0.2, 0.25) is 0 Å². The van der Waals surface area contributed by atoms with Gasteiger partial charge >= 0.3 is 0 Å². The van der Waals surface area contributed by atoms with Gasteiger partial charge in [0, 0.05) is 18.7 Å². The zero-order valence-corrected chi connectivity index (χ0v) is 11.3. The summed E-state index contributed by atoms with van der Waals surface area (Å²) in [6, 6.07) is 5.29. The van der Waals surface area contributed by atoms with Crippen LogP contribution in [0.5, 0.6) is 5.75 Å². The third-order valence-corrected chi connectivity index (χ3v) is 3.94. The minimum Gasteiger partial charge on any atom is -0.494 e. The summed E-state index contributed by atoms with van der Waals surface area (Å²) in [5.74, 6) is 0.0745. The summed E-state index contributed by atoms with van der Waals surface area (Å²) in [6.07, 6.45) is 5.21. The molecular weight excluding hydrogens is 229 g/mol. The Morgan fingerprint density at radius 1 is 1.33 bits per heavy atom. The lowest BCUT2D eigenvalue weighted by atomic mass is 9.89. The molecule has 0 radical (unpaired) electrons. The minimum atomic E-state index is -0.246. The van der Waals surface area contributed by atoms with Crippen LogP contribution in [0.1, 0.15) is 38.2 Å². The Bertz CT molecular complexity index is 399. The van der Waals surface area contributed by atoms with E-state index in [0.29, 0.717) is 23.3 Å². The van der Waals surface area contributed by atoms with Gasteiger partial charge in [0.05, 0.1) is 7.11 Å². The van der Waals surface area contributed by atoms with E-state index in [-0.39, 0.29) is 5.82 Å². The van der Waals surface area contributed by atoms with Crippen LogP contribution in [0.2, 0.25) is 0 Å². The van der Waals surface area contributed by atoms with E-state index in [9.17, 15) is 4.39 Å². The molecule has 100 valence electrons. The first kappa shape index (κ1) is 13.3. The first-order valence-corrected chi connectivity index (χ1v) is 6.67. The van der Waals surface area contributed by atoms with Crippen molar-refractivity contribution in [3.63, 3.8) is 0 Å². The van der Waals surface area contributed by atoms with Crippen LogP contribution in [0, 0.1) is 11.2 Å². The molecule has 1 N–H and O–H groups in total. The fourth-order valence-corrected chi connectivity index (χ4v) is 2.75. The number of benzene rings is 1. The van der Waals surface area contributed by atoms with E-state index in [1.54, 1.807) is 6.07 Å². The summed E-state index contributed by atoms with van der Waals surface area (Å²) in [6.45, 7) is 3.84. The number of hydrogen-bond donors (Lipinski definition) is 1. The number of methoxy groups -OCH3 is 1. The highest BCUT2D eigenvalue weighted by atomic mass is 19.1. The molecule has 2 nitrogen and oxygen atoms in total. The summed E-state index contributed by atoms with van der Waals surface area (Å²) in [5, 5.41) is 3.38. The van der Waals surface area contributed by atoms with Gasteiger partial charge in [-0.05, 0) is 24.3 Å². The highest BCUT2D eigenvalue weighted by Gasteiger charge is 2.27. The normalized spacial score (nSPS) is 17.9. The Balaban J connectivity index is 1.90. The molecule has 18 heavy (non-hydrogen) atoms. The Hall–Kier alpha value is -1.09. The molecule has 0 bridgehead atoms. The van der Waals surface area contributed by atoms with Crippen LogP contribution < -0.4 is 10.1 Å². The fourth-order valence-electron chi connectivity index (χ4n) is 2.75. The minimum absolute atomic E-state index is 0.246. The molecule has 0 spiro atoms. The number of halogens is 1. The van der Waals surface area contributed by atoms with E-state index >= 15 is 0 Å². The summed E-state index contributed by atoms with van der Waals surface area (Å²) in [7, 11) is 1.50. The average Bonchev–Trinajstić information content (AvgIpc) is 2.79. The molecule has 1 aromatic rings. The summed E-state index contributed by atoms with van der Waals surface area (Å²) in [4.78, 5) is 0. The maximum atomic E-state index is 13.9. The van der Waals surface area contributed by atoms with Crippen LogP contribution in [-0.2, 0) is 6.54 Å².